The van der Waals surface area contributed by atoms with Crippen LogP contribution in [0.15, 0.2) is 36.4 Å². The van der Waals surface area contributed by atoms with Gasteiger partial charge in [0, 0.05) is 18.9 Å². The molecule has 25 heteroatoms. The highest BCUT2D eigenvalue weighted by molar-refractivity contribution is 5.87. The summed E-state index contributed by atoms with van der Waals surface area (Å²) in [5, 5.41) is 82.0. The van der Waals surface area contributed by atoms with Crippen LogP contribution in [0.3, 0.4) is 0 Å². The second-order valence-electron chi connectivity index (χ2n) is 27.7. The maximum atomic E-state index is 14.6. The predicted octanol–water partition coefficient (Wildman–Crippen LogP) is 7.60. The highest BCUT2D eigenvalue weighted by Gasteiger charge is 2.59. The summed E-state index contributed by atoms with van der Waals surface area (Å²) in [6, 6.07) is 8.85. The topological polar surface area (TPSA) is 339 Å². The van der Waals surface area contributed by atoms with Gasteiger partial charge in [0.1, 0.15) is 67.1 Å². The van der Waals surface area contributed by atoms with Gasteiger partial charge in [-0.15, -0.1) is 0 Å². The van der Waals surface area contributed by atoms with Gasteiger partial charge in [-0.3, -0.25) is 14.4 Å². The monoisotopic (exact) mass is 1380 g/mol. The molecule has 0 amide bonds. The molecule has 6 saturated heterocycles. The third-order valence-corrected chi connectivity index (χ3v) is 19.3. The summed E-state index contributed by atoms with van der Waals surface area (Å²) < 4.78 is 89.9. The molecule has 554 valence electrons. The van der Waals surface area contributed by atoms with Gasteiger partial charge in [0.15, 0.2) is 55.9 Å². The summed E-state index contributed by atoms with van der Waals surface area (Å²) in [4.78, 5) is 55.6. The Morgan fingerprint density at radius 3 is 1.69 bits per heavy atom. The number of fused-ring (bicyclic) bond motifs is 2. The lowest BCUT2D eigenvalue weighted by Crippen LogP contribution is -2.68. The number of ether oxygens (including phenoxy) is 14. The van der Waals surface area contributed by atoms with E-state index < -0.39 is 183 Å². The van der Waals surface area contributed by atoms with Crippen molar-refractivity contribution in [3.8, 4) is 0 Å². The summed E-state index contributed by atoms with van der Waals surface area (Å²) in [5.41, 5.74) is 0.644. The molecule has 0 aliphatic carbocycles. The Kier molecular flexibility index (Phi) is 33.8. The summed E-state index contributed by atoms with van der Waals surface area (Å²) in [6.45, 7) is 15.1. The molecule has 0 aromatic heterocycles. The zero-order valence-electron chi connectivity index (χ0n) is 58.6. The zero-order valence-corrected chi connectivity index (χ0v) is 58.6. The molecule has 0 saturated carbocycles. The van der Waals surface area contributed by atoms with Crippen molar-refractivity contribution >= 4 is 30.0 Å². The molecule has 1 aromatic rings. The van der Waals surface area contributed by atoms with Crippen LogP contribution < -0.4 is 0 Å². The standard InChI is InChI=1S/C72H116O25/c1-10-12-14-15-16-17-21-25-32-38-50(74)92-66-65(97-68-56(80)54(78)52(76)42(5)84-68)61(95-70-63(91-51(75)40-39-47-33-28-26-29-34-47)57(81)59(44(7)86-70)93-67(83)41(3)4)46(9)88-72(66)94-60-45(8)87-71-64(58(60)82)90-49(73)37-31-24-22-19-18-20-23-30-36-48(35-27-13-11-2)89-69-62(96-71)55(79)53(77)43(6)85-69/h26,28-29,33-34,39-46,48,52-66,68-72,76-82H,10-25,27,30-32,35-38H2,1-9H3/b40-39+/t42-,43+,44-,45-,46-,48-,52-,53-,54+,55-,56+,57+,58+,59-,60-,61-,62+,63+,64+,65+,66+,68-,69-,70-,71-,72-/m0/s1. The maximum Gasteiger partial charge on any atom is 0.331 e. The van der Waals surface area contributed by atoms with Gasteiger partial charge >= 0.3 is 23.9 Å². The van der Waals surface area contributed by atoms with Gasteiger partial charge in [-0.05, 0) is 71.9 Å². The van der Waals surface area contributed by atoms with Crippen LogP contribution in [0.25, 0.3) is 6.08 Å². The Labute approximate surface area is 573 Å². The van der Waals surface area contributed by atoms with Gasteiger partial charge in [0.2, 0.25) is 0 Å². The molecule has 7 N–H and O–H groups in total. The van der Waals surface area contributed by atoms with Gasteiger partial charge < -0.3 is 102 Å². The van der Waals surface area contributed by atoms with E-state index in [9.17, 15) is 54.9 Å². The number of carbonyl (C=O) groups is 4. The number of esters is 4. The summed E-state index contributed by atoms with van der Waals surface area (Å²) in [7, 11) is 0. The molecule has 0 bridgehead atoms. The highest BCUT2D eigenvalue weighted by Crippen LogP contribution is 2.40. The molecule has 6 heterocycles. The maximum absolute atomic E-state index is 14.6. The average molecular weight is 1380 g/mol. The van der Waals surface area contributed by atoms with Crippen LogP contribution in [0, 0.1) is 5.92 Å². The first-order chi connectivity index (χ1) is 46.5. The normalized spacial score (nSPS) is 38.4. The Morgan fingerprint density at radius 1 is 0.485 bits per heavy atom. The molecular formula is C72H116O25. The molecule has 0 spiro atoms. The van der Waals surface area contributed by atoms with Crippen LogP contribution >= 0.6 is 0 Å². The molecule has 6 aliphatic rings. The van der Waals surface area contributed by atoms with Gasteiger partial charge in [-0.25, -0.2) is 4.79 Å². The third kappa shape index (κ3) is 23.6. The fraction of sp³-hybridized carbons (Fsp3) is 0.833. The Hall–Kier alpha value is -3.84. The third-order valence-electron chi connectivity index (χ3n) is 19.3. The van der Waals surface area contributed by atoms with E-state index in [1.807, 2.05) is 0 Å². The Bertz CT molecular complexity index is 2490. The van der Waals surface area contributed by atoms with Crippen molar-refractivity contribution < 1.29 is 121 Å². The summed E-state index contributed by atoms with van der Waals surface area (Å²) >= 11 is 0. The molecule has 97 heavy (non-hydrogen) atoms. The zero-order chi connectivity index (χ0) is 70.3. The molecular weight excluding hydrogens is 1260 g/mol. The lowest BCUT2D eigenvalue weighted by Gasteiger charge is -2.51. The first-order valence-corrected chi connectivity index (χ1v) is 36.4. The number of benzene rings is 1. The number of hydrogen-bond donors (Lipinski definition) is 7. The Balaban J connectivity index is 1.26. The number of hydrogen-bond acceptors (Lipinski definition) is 25. The van der Waals surface area contributed by atoms with Crippen LogP contribution in [0.2, 0.25) is 0 Å². The van der Waals surface area contributed by atoms with Crippen LogP contribution in [-0.2, 0) is 85.5 Å². The fourth-order valence-electron chi connectivity index (χ4n) is 13.3. The molecule has 25 nitrogen and oxygen atoms in total. The van der Waals surface area contributed by atoms with E-state index in [1.54, 1.807) is 58.0 Å². The smallest absolute Gasteiger partial charge is 0.331 e. The van der Waals surface area contributed by atoms with E-state index in [1.165, 1.54) is 26.8 Å². The number of rotatable bonds is 26. The lowest BCUT2D eigenvalue weighted by molar-refractivity contribution is -0.399. The van der Waals surface area contributed by atoms with Crippen molar-refractivity contribution in [3.63, 3.8) is 0 Å². The predicted molar refractivity (Wildman–Crippen MR) is 350 cm³/mol. The molecule has 0 radical (unpaired) electrons. The molecule has 1 aromatic carbocycles. The first kappa shape index (κ1) is 80.5. The lowest BCUT2D eigenvalue weighted by atomic mass is 9.95. The van der Waals surface area contributed by atoms with Gasteiger partial charge in [0.25, 0.3) is 0 Å². The van der Waals surface area contributed by atoms with Gasteiger partial charge in [-0.2, -0.15) is 0 Å². The van der Waals surface area contributed by atoms with Crippen molar-refractivity contribution in [2.75, 3.05) is 0 Å². The second kappa shape index (κ2) is 40.7. The van der Waals surface area contributed by atoms with Crippen LogP contribution in [-0.4, -0.2) is 219 Å². The first-order valence-electron chi connectivity index (χ1n) is 36.4. The van der Waals surface area contributed by atoms with Crippen molar-refractivity contribution in [1.82, 2.24) is 0 Å². The average Bonchev–Trinajstić information content (AvgIpc) is 0.770. The van der Waals surface area contributed by atoms with E-state index in [4.69, 9.17) is 66.3 Å². The van der Waals surface area contributed by atoms with E-state index >= 15 is 0 Å². The number of aliphatic hydroxyl groups is 7. The molecule has 6 aliphatic heterocycles. The number of aliphatic hydroxyl groups excluding tert-OH is 7. The molecule has 6 fully saturated rings. The SMILES string of the molecule is CCCCCCCCCCCC(=O)O[C@H]1[C@H](O[C@@H]2[C@@H](O)[C@H]3OC(=O)CCCCCCCCCC[C@H](CCCCC)O[C@@H]4O[C@H](C)[C@H](O)[C@H](O)[C@H]4O[C@@H]3O[C@H]2C)O[C@@H](C)[C@H](O[C@@H]2O[C@@H](C)[C@H](OC(=O)C(C)C)[C@@H](O)[C@H]2OC(=O)/C=C/c2ccccc2)[C@H]1O[C@@H]1O[C@@H](C)[C@H](O)[C@@H](O)[C@H]1O. The highest BCUT2D eigenvalue weighted by atomic mass is 16.8. The summed E-state index contributed by atoms with van der Waals surface area (Å²) in [5.74, 6) is -3.75. The van der Waals surface area contributed by atoms with E-state index in [0.29, 0.717) is 37.7 Å². The quantitative estimate of drug-likeness (QED) is 0.0203. The number of carbonyl (C=O) groups excluding carboxylic acids is 4. The molecule has 26 atom stereocenters. The van der Waals surface area contributed by atoms with Crippen molar-refractivity contribution in [2.24, 2.45) is 5.92 Å². The second-order valence-corrected chi connectivity index (χ2v) is 27.7. The van der Waals surface area contributed by atoms with Gasteiger partial charge in [-0.1, -0.05) is 174 Å². The minimum atomic E-state index is -1.95. The van der Waals surface area contributed by atoms with Crippen LogP contribution in [0.5, 0.6) is 0 Å². The fourth-order valence-corrected chi connectivity index (χ4v) is 13.3. The molecule has 7 rings (SSSR count). The largest absolute Gasteiger partial charge is 0.456 e. The van der Waals surface area contributed by atoms with Crippen molar-refractivity contribution in [3.05, 3.63) is 42.0 Å². The minimum Gasteiger partial charge on any atom is -0.456 e. The minimum absolute atomic E-state index is 0.0393. The van der Waals surface area contributed by atoms with Gasteiger partial charge in [0.05, 0.1) is 42.5 Å². The van der Waals surface area contributed by atoms with E-state index in [2.05, 4.69) is 13.8 Å². The number of unbranched alkanes of at least 4 members (excludes halogenated alkanes) is 10. The Morgan fingerprint density at radius 2 is 1.02 bits per heavy atom. The van der Waals surface area contributed by atoms with Crippen LogP contribution in [0.1, 0.15) is 222 Å². The van der Waals surface area contributed by atoms with E-state index in [-0.39, 0.29) is 18.9 Å². The summed E-state index contributed by atoms with van der Waals surface area (Å²) in [6.07, 6.45) is -17.1. The van der Waals surface area contributed by atoms with Crippen LogP contribution in [0.4, 0.5) is 0 Å². The van der Waals surface area contributed by atoms with Crippen molar-refractivity contribution in [2.45, 2.75) is 376 Å². The van der Waals surface area contributed by atoms with Crippen molar-refractivity contribution in [1.29, 1.82) is 0 Å². The van der Waals surface area contributed by atoms with E-state index in [0.717, 1.165) is 115 Å². The molecule has 0 unspecified atom stereocenters.